The van der Waals surface area contributed by atoms with Crippen LogP contribution in [0, 0.1) is 0 Å². The fourth-order valence-corrected chi connectivity index (χ4v) is 2.87. The zero-order valence-corrected chi connectivity index (χ0v) is 11.9. The third-order valence-corrected chi connectivity index (χ3v) is 4.04. The lowest BCUT2D eigenvalue weighted by atomic mass is 10.1. The van der Waals surface area contributed by atoms with Gasteiger partial charge < -0.3 is 14.8 Å². The Morgan fingerprint density at radius 2 is 1.81 bits per heavy atom. The Hall–Kier alpha value is -2.20. The SMILES string of the molecule is Oc1cccc(O)c1-c1nc2cc(Cl)ccc2n1C1CC1. The molecule has 106 valence electrons. The van der Waals surface area contributed by atoms with Crippen molar-refractivity contribution in [3.8, 4) is 22.9 Å². The van der Waals surface area contributed by atoms with Crippen LogP contribution in [0.25, 0.3) is 22.4 Å². The maximum absolute atomic E-state index is 10.1. The highest BCUT2D eigenvalue weighted by atomic mass is 35.5. The van der Waals surface area contributed by atoms with Gasteiger partial charge in [-0.15, -0.1) is 0 Å². The summed E-state index contributed by atoms with van der Waals surface area (Å²) in [4.78, 5) is 4.59. The monoisotopic (exact) mass is 300 g/mol. The fraction of sp³-hybridized carbons (Fsp3) is 0.188. The molecular formula is C16H13ClN2O2. The predicted octanol–water partition coefficient (Wildman–Crippen LogP) is 4.10. The number of fused-ring (bicyclic) bond motifs is 1. The first-order valence-electron chi connectivity index (χ1n) is 6.84. The van der Waals surface area contributed by atoms with E-state index >= 15 is 0 Å². The highest BCUT2D eigenvalue weighted by Gasteiger charge is 2.30. The third-order valence-electron chi connectivity index (χ3n) is 3.81. The molecule has 0 unspecified atom stereocenters. The molecule has 1 heterocycles. The standard InChI is InChI=1S/C16H13ClN2O2/c17-9-4-7-12-11(8-9)18-16(19(12)10-5-6-10)15-13(20)2-1-3-14(15)21/h1-4,7-8,10,20-21H,5-6H2. The number of hydrogen-bond acceptors (Lipinski definition) is 3. The Morgan fingerprint density at radius 1 is 1.10 bits per heavy atom. The van der Waals surface area contributed by atoms with Crippen molar-refractivity contribution in [2.24, 2.45) is 0 Å². The van der Waals surface area contributed by atoms with Crippen molar-refractivity contribution in [3.05, 3.63) is 41.4 Å². The number of phenols is 2. The number of phenolic OH excluding ortho intramolecular Hbond substituents is 2. The summed E-state index contributed by atoms with van der Waals surface area (Å²) in [6, 6.07) is 10.6. The molecule has 0 aliphatic heterocycles. The van der Waals surface area contributed by atoms with E-state index in [0.29, 0.717) is 22.5 Å². The van der Waals surface area contributed by atoms with E-state index in [9.17, 15) is 10.2 Å². The van der Waals surface area contributed by atoms with Crippen LogP contribution in [0.5, 0.6) is 11.5 Å². The zero-order valence-electron chi connectivity index (χ0n) is 11.1. The topological polar surface area (TPSA) is 58.3 Å². The van der Waals surface area contributed by atoms with Gasteiger partial charge in [0.15, 0.2) is 0 Å². The van der Waals surface area contributed by atoms with E-state index in [0.717, 1.165) is 23.9 Å². The van der Waals surface area contributed by atoms with Gasteiger partial charge in [-0.1, -0.05) is 17.7 Å². The summed E-state index contributed by atoms with van der Waals surface area (Å²) in [5.74, 6) is 0.641. The fourth-order valence-electron chi connectivity index (χ4n) is 2.71. The molecular weight excluding hydrogens is 288 g/mol. The molecule has 1 aliphatic rings. The van der Waals surface area contributed by atoms with Crippen molar-refractivity contribution in [1.29, 1.82) is 0 Å². The lowest BCUT2D eigenvalue weighted by Gasteiger charge is -2.10. The molecule has 0 bridgehead atoms. The molecule has 3 aromatic rings. The zero-order chi connectivity index (χ0) is 14.6. The van der Waals surface area contributed by atoms with Crippen molar-refractivity contribution in [2.45, 2.75) is 18.9 Å². The van der Waals surface area contributed by atoms with Crippen molar-refractivity contribution in [3.63, 3.8) is 0 Å². The molecule has 5 heteroatoms. The number of imidazole rings is 1. The number of hydrogen-bond donors (Lipinski definition) is 2. The number of aromatic hydroxyl groups is 2. The predicted molar refractivity (Wildman–Crippen MR) is 81.8 cm³/mol. The van der Waals surface area contributed by atoms with Crippen molar-refractivity contribution >= 4 is 22.6 Å². The molecule has 0 saturated heterocycles. The number of halogens is 1. The Morgan fingerprint density at radius 3 is 2.48 bits per heavy atom. The molecule has 0 spiro atoms. The third kappa shape index (κ3) is 1.94. The molecule has 1 aromatic heterocycles. The molecule has 1 aliphatic carbocycles. The normalized spacial score (nSPS) is 14.7. The molecule has 21 heavy (non-hydrogen) atoms. The van der Waals surface area contributed by atoms with E-state index in [1.54, 1.807) is 24.3 Å². The number of benzene rings is 2. The quantitative estimate of drug-likeness (QED) is 0.749. The number of aromatic nitrogens is 2. The van der Waals surface area contributed by atoms with E-state index in [4.69, 9.17) is 11.6 Å². The molecule has 1 saturated carbocycles. The molecule has 4 rings (SSSR count). The van der Waals surface area contributed by atoms with Crippen LogP contribution in [-0.4, -0.2) is 19.8 Å². The van der Waals surface area contributed by atoms with Gasteiger partial charge in [0.25, 0.3) is 0 Å². The van der Waals surface area contributed by atoms with Crippen LogP contribution >= 0.6 is 11.6 Å². The van der Waals surface area contributed by atoms with Crippen molar-refractivity contribution in [2.75, 3.05) is 0 Å². The first kappa shape index (κ1) is 12.5. The smallest absolute Gasteiger partial charge is 0.148 e. The van der Waals surface area contributed by atoms with Gasteiger partial charge in [-0.2, -0.15) is 0 Å². The molecule has 1 fully saturated rings. The molecule has 4 nitrogen and oxygen atoms in total. The van der Waals surface area contributed by atoms with Gasteiger partial charge in [-0.25, -0.2) is 4.98 Å². The van der Waals surface area contributed by atoms with Gasteiger partial charge in [-0.05, 0) is 43.2 Å². The lowest BCUT2D eigenvalue weighted by molar-refractivity contribution is 0.453. The van der Waals surface area contributed by atoms with Crippen LogP contribution in [0.2, 0.25) is 5.02 Å². The Bertz CT molecular complexity index is 833. The summed E-state index contributed by atoms with van der Waals surface area (Å²) in [5.41, 5.74) is 2.11. The van der Waals surface area contributed by atoms with E-state index in [1.165, 1.54) is 0 Å². The summed E-state index contributed by atoms with van der Waals surface area (Å²) in [6.45, 7) is 0. The van der Waals surface area contributed by atoms with Crippen LogP contribution in [0.3, 0.4) is 0 Å². The Kier molecular flexibility index (Phi) is 2.62. The van der Waals surface area contributed by atoms with Gasteiger partial charge in [-0.3, -0.25) is 0 Å². The summed E-state index contributed by atoms with van der Waals surface area (Å²) < 4.78 is 2.08. The van der Waals surface area contributed by atoms with Crippen molar-refractivity contribution in [1.82, 2.24) is 9.55 Å². The second-order valence-corrected chi connectivity index (χ2v) is 5.78. The minimum atomic E-state index is 0.0262. The minimum absolute atomic E-state index is 0.0262. The van der Waals surface area contributed by atoms with Crippen LogP contribution in [0.4, 0.5) is 0 Å². The summed E-state index contributed by atoms with van der Waals surface area (Å²) in [7, 11) is 0. The number of nitrogens with zero attached hydrogens (tertiary/aromatic N) is 2. The van der Waals surface area contributed by atoms with E-state index in [1.807, 2.05) is 12.1 Å². The van der Waals surface area contributed by atoms with E-state index < -0.39 is 0 Å². The largest absolute Gasteiger partial charge is 0.507 e. The highest BCUT2D eigenvalue weighted by molar-refractivity contribution is 6.31. The summed E-state index contributed by atoms with van der Waals surface area (Å²) in [6.07, 6.45) is 2.16. The van der Waals surface area contributed by atoms with Crippen molar-refractivity contribution < 1.29 is 10.2 Å². The second-order valence-electron chi connectivity index (χ2n) is 5.34. The minimum Gasteiger partial charge on any atom is -0.507 e. The maximum Gasteiger partial charge on any atom is 0.148 e. The molecule has 0 amide bonds. The summed E-state index contributed by atoms with van der Waals surface area (Å²) >= 11 is 6.04. The summed E-state index contributed by atoms with van der Waals surface area (Å²) in [5, 5.41) is 20.8. The molecule has 0 atom stereocenters. The Balaban J connectivity index is 2.06. The molecule has 0 radical (unpaired) electrons. The Labute approximate surface area is 126 Å². The van der Waals surface area contributed by atoms with Gasteiger partial charge in [0, 0.05) is 11.1 Å². The first-order valence-corrected chi connectivity index (χ1v) is 7.22. The second kappa shape index (κ2) is 4.40. The number of rotatable bonds is 2. The van der Waals surface area contributed by atoms with Gasteiger partial charge in [0.1, 0.15) is 22.9 Å². The first-order chi connectivity index (χ1) is 10.1. The van der Waals surface area contributed by atoms with E-state index in [-0.39, 0.29) is 11.5 Å². The van der Waals surface area contributed by atoms with Crippen LogP contribution < -0.4 is 0 Å². The molecule has 2 N–H and O–H groups in total. The van der Waals surface area contributed by atoms with Crippen LogP contribution in [-0.2, 0) is 0 Å². The highest BCUT2D eigenvalue weighted by Crippen LogP contribution is 2.45. The average Bonchev–Trinajstić information content (AvgIpc) is 3.20. The maximum atomic E-state index is 10.1. The average molecular weight is 301 g/mol. The lowest BCUT2D eigenvalue weighted by Crippen LogP contribution is -1.97. The van der Waals surface area contributed by atoms with Gasteiger partial charge in [0.05, 0.1) is 11.0 Å². The van der Waals surface area contributed by atoms with Crippen LogP contribution in [0.1, 0.15) is 18.9 Å². The van der Waals surface area contributed by atoms with E-state index in [2.05, 4.69) is 9.55 Å². The van der Waals surface area contributed by atoms with Crippen LogP contribution in [0.15, 0.2) is 36.4 Å². The van der Waals surface area contributed by atoms with Gasteiger partial charge in [0.2, 0.25) is 0 Å². The molecule has 2 aromatic carbocycles. The van der Waals surface area contributed by atoms with Gasteiger partial charge >= 0.3 is 0 Å².